The van der Waals surface area contributed by atoms with Crippen molar-refractivity contribution in [2.75, 3.05) is 13.1 Å². The molecule has 0 aromatic carbocycles. The summed E-state index contributed by atoms with van der Waals surface area (Å²) in [5.41, 5.74) is 5.08. The first-order valence-electron chi connectivity index (χ1n) is 8.31. The molecule has 0 aliphatic heterocycles. The van der Waals surface area contributed by atoms with Gasteiger partial charge in [0.15, 0.2) is 5.78 Å². The highest BCUT2D eigenvalue weighted by atomic mass is 32.2. The molecular formula is C17H22N4O5S. The van der Waals surface area contributed by atoms with Crippen LogP contribution in [0.3, 0.4) is 0 Å². The van der Waals surface area contributed by atoms with Gasteiger partial charge in [-0.3, -0.25) is 14.4 Å². The van der Waals surface area contributed by atoms with Crippen molar-refractivity contribution in [2.45, 2.75) is 25.3 Å². The van der Waals surface area contributed by atoms with Gasteiger partial charge in [0.1, 0.15) is 5.69 Å². The fourth-order valence-corrected chi connectivity index (χ4v) is 4.18. The second-order valence-corrected chi connectivity index (χ2v) is 7.87. The maximum absolute atomic E-state index is 12.6. The Bertz CT molecular complexity index is 1030. The first-order valence-corrected chi connectivity index (χ1v) is 9.75. The van der Waals surface area contributed by atoms with E-state index >= 15 is 0 Å². The predicted molar refractivity (Wildman–Crippen MR) is 99.1 cm³/mol. The maximum atomic E-state index is 12.6. The van der Waals surface area contributed by atoms with Crippen LogP contribution in [-0.4, -0.2) is 46.6 Å². The number of hydrogen-bond acceptors (Lipinski definition) is 5. The Balaban J connectivity index is 2.37. The summed E-state index contributed by atoms with van der Waals surface area (Å²) in [5, 5.41) is 0. The smallest absolute Gasteiger partial charge is 0.265 e. The van der Waals surface area contributed by atoms with Gasteiger partial charge in [-0.1, -0.05) is 13.8 Å². The molecule has 146 valence electrons. The maximum Gasteiger partial charge on any atom is 0.265 e. The Morgan fingerprint density at radius 2 is 1.78 bits per heavy atom. The molecule has 2 N–H and O–H groups in total. The van der Waals surface area contributed by atoms with Gasteiger partial charge in [0, 0.05) is 44.2 Å². The molecule has 0 saturated carbocycles. The van der Waals surface area contributed by atoms with Gasteiger partial charge in [0.05, 0.1) is 11.4 Å². The number of aryl methyl sites for hydroxylation is 1. The first-order chi connectivity index (χ1) is 12.6. The minimum Gasteiger partial charge on any atom is -0.364 e. The number of nitrogens with two attached hydrogens (primary N) is 1. The highest BCUT2D eigenvalue weighted by Crippen LogP contribution is 2.14. The monoisotopic (exact) mass is 394 g/mol. The number of primary amides is 1. The van der Waals surface area contributed by atoms with E-state index in [1.165, 1.54) is 27.2 Å². The van der Waals surface area contributed by atoms with Crippen molar-refractivity contribution in [1.82, 2.24) is 13.4 Å². The number of nitrogens with zero attached hydrogens (tertiary/aromatic N) is 3. The van der Waals surface area contributed by atoms with Crippen LogP contribution >= 0.6 is 0 Å². The van der Waals surface area contributed by atoms with Gasteiger partial charge in [0.2, 0.25) is 10.0 Å². The van der Waals surface area contributed by atoms with Gasteiger partial charge < -0.3 is 14.9 Å². The van der Waals surface area contributed by atoms with Crippen LogP contribution in [-0.2, 0) is 23.6 Å². The minimum atomic E-state index is -3.76. The molecule has 0 spiro atoms. The van der Waals surface area contributed by atoms with E-state index in [9.17, 15) is 22.8 Å². The molecule has 2 heterocycles. The number of amides is 1. The van der Waals surface area contributed by atoms with Crippen LogP contribution in [0.5, 0.6) is 0 Å². The zero-order chi connectivity index (χ0) is 20.4. The van der Waals surface area contributed by atoms with E-state index in [0.29, 0.717) is 0 Å². The van der Waals surface area contributed by atoms with Crippen molar-refractivity contribution in [3.8, 4) is 0 Å². The zero-order valence-electron chi connectivity index (χ0n) is 15.4. The first kappa shape index (κ1) is 20.6. The molecular weight excluding hydrogens is 372 g/mol. The van der Waals surface area contributed by atoms with Crippen molar-refractivity contribution in [3.05, 3.63) is 52.2 Å². The third-order valence-corrected chi connectivity index (χ3v) is 6.23. The SMILES string of the molecule is CCN(CC)S(=O)(=O)c1ccc(=O)n(CC(=O)c2cc(C(N)=O)n(C)c2)c1. The normalized spacial score (nSPS) is 11.7. The van der Waals surface area contributed by atoms with Crippen LogP contribution in [0.15, 0.2) is 40.3 Å². The van der Waals surface area contributed by atoms with Crippen molar-refractivity contribution in [2.24, 2.45) is 12.8 Å². The molecule has 27 heavy (non-hydrogen) atoms. The zero-order valence-corrected chi connectivity index (χ0v) is 16.2. The van der Waals surface area contributed by atoms with E-state index in [4.69, 9.17) is 5.73 Å². The van der Waals surface area contributed by atoms with Gasteiger partial charge in [-0.05, 0) is 12.1 Å². The topological polar surface area (TPSA) is 124 Å². The lowest BCUT2D eigenvalue weighted by Crippen LogP contribution is -2.32. The summed E-state index contributed by atoms with van der Waals surface area (Å²) in [7, 11) is -2.19. The molecule has 2 aromatic heterocycles. The minimum absolute atomic E-state index is 0.0653. The number of carbonyl (C=O) groups excluding carboxylic acids is 2. The molecule has 2 rings (SSSR count). The van der Waals surface area contributed by atoms with Crippen molar-refractivity contribution in [3.63, 3.8) is 0 Å². The Hall–Kier alpha value is -2.72. The Morgan fingerprint density at radius 1 is 1.15 bits per heavy atom. The Labute approximate surface area is 157 Å². The molecule has 0 atom stereocenters. The fraction of sp³-hybridized carbons (Fsp3) is 0.353. The molecule has 9 nitrogen and oxygen atoms in total. The highest BCUT2D eigenvalue weighted by molar-refractivity contribution is 7.89. The largest absolute Gasteiger partial charge is 0.364 e. The summed E-state index contributed by atoms with van der Waals surface area (Å²) in [6, 6.07) is 3.68. The number of hydrogen-bond donors (Lipinski definition) is 1. The molecule has 0 fully saturated rings. The van der Waals surface area contributed by atoms with E-state index in [1.54, 1.807) is 20.9 Å². The van der Waals surface area contributed by atoms with E-state index < -0.39 is 27.3 Å². The van der Waals surface area contributed by atoms with E-state index in [2.05, 4.69) is 0 Å². The predicted octanol–water partition coefficient (Wildman–Crippen LogP) is 0.199. The third kappa shape index (κ3) is 4.17. The fourth-order valence-electron chi connectivity index (χ4n) is 2.71. The van der Waals surface area contributed by atoms with Crippen LogP contribution < -0.4 is 11.3 Å². The summed E-state index contributed by atoms with van der Waals surface area (Å²) in [5.74, 6) is -1.13. The molecule has 0 unspecified atom stereocenters. The molecule has 0 bridgehead atoms. The lowest BCUT2D eigenvalue weighted by atomic mass is 10.2. The van der Waals surface area contributed by atoms with Gasteiger partial charge in [-0.25, -0.2) is 8.42 Å². The summed E-state index contributed by atoms with van der Waals surface area (Å²) >= 11 is 0. The number of sulfonamides is 1. The summed E-state index contributed by atoms with van der Waals surface area (Å²) in [6.45, 7) is 3.65. The van der Waals surface area contributed by atoms with Gasteiger partial charge in [-0.15, -0.1) is 0 Å². The molecule has 0 radical (unpaired) electrons. The standard InChI is InChI=1S/C17H22N4O5S/c1-4-21(5-2)27(25,26)13-6-7-16(23)20(10-13)11-15(22)12-8-14(17(18)24)19(3)9-12/h6-10H,4-5,11H2,1-3H3,(H2,18,24). The number of aromatic nitrogens is 2. The molecule has 2 aromatic rings. The van der Waals surface area contributed by atoms with Gasteiger partial charge >= 0.3 is 0 Å². The van der Waals surface area contributed by atoms with Gasteiger partial charge in [0.25, 0.3) is 11.5 Å². The van der Waals surface area contributed by atoms with E-state index in [1.807, 2.05) is 0 Å². The second kappa shape index (κ2) is 7.89. The lowest BCUT2D eigenvalue weighted by molar-refractivity contribution is 0.0969. The number of rotatable bonds is 8. The molecule has 0 aliphatic carbocycles. The lowest BCUT2D eigenvalue weighted by Gasteiger charge is -2.18. The quantitative estimate of drug-likeness (QED) is 0.640. The number of ketones is 1. The van der Waals surface area contributed by atoms with Crippen LogP contribution in [0.25, 0.3) is 0 Å². The average molecular weight is 394 g/mol. The number of carbonyl (C=O) groups is 2. The third-order valence-electron chi connectivity index (χ3n) is 4.19. The average Bonchev–Trinajstić information content (AvgIpc) is 2.99. The van der Waals surface area contributed by atoms with Crippen LogP contribution in [0.1, 0.15) is 34.7 Å². The van der Waals surface area contributed by atoms with Crippen LogP contribution in [0.2, 0.25) is 0 Å². The highest BCUT2D eigenvalue weighted by Gasteiger charge is 2.23. The Kier molecular flexibility index (Phi) is 6.01. The summed E-state index contributed by atoms with van der Waals surface area (Å²) < 4.78 is 28.9. The number of Topliss-reactive ketones (excluding diaryl/α,β-unsaturated/α-hetero) is 1. The second-order valence-electron chi connectivity index (χ2n) is 5.93. The van der Waals surface area contributed by atoms with Crippen LogP contribution in [0, 0.1) is 0 Å². The van der Waals surface area contributed by atoms with Gasteiger partial charge in [-0.2, -0.15) is 4.31 Å². The van der Waals surface area contributed by atoms with Crippen molar-refractivity contribution < 1.29 is 18.0 Å². The summed E-state index contributed by atoms with van der Waals surface area (Å²) in [4.78, 5) is 35.8. The van der Waals surface area contributed by atoms with Crippen molar-refractivity contribution in [1.29, 1.82) is 0 Å². The molecule has 0 saturated heterocycles. The van der Waals surface area contributed by atoms with E-state index in [0.717, 1.165) is 16.8 Å². The summed E-state index contributed by atoms with van der Waals surface area (Å²) in [6.07, 6.45) is 2.59. The Morgan fingerprint density at radius 3 is 2.30 bits per heavy atom. The van der Waals surface area contributed by atoms with E-state index in [-0.39, 0.29) is 35.8 Å². The number of pyridine rings is 1. The molecule has 1 amide bonds. The molecule has 10 heteroatoms. The van der Waals surface area contributed by atoms with Crippen molar-refractivity contribution >= 4 is 21.7 Å². The molecule has 0 aliphatic rings. The van der Waals surface area contributed by atoms with Crippen LogP contribution in [0.4, 0.5) is 0 Å².